The molecular weight excluding hydrogens is 220 g/mol. The van der Waals surface area contributed by atoms with Crippen LogP contribution in [0.1, 0.15) is 32.3 Å². The number of anilines is 1. The van der Waals surface area contributed by atoms with E-state index in [2.05, 4.69) is 55.4 Å². The van der Waals surface area contributed by atoms with Crippen molar-refractivity contribution in [3.8, 4) is 0 Å². The normalized spacial score (nSPS) is 14.9. The zero-order valence-electron chi connectivity index (χ0n) is 12.0. The third-order valence-electron chi connectivity index (χ3n) is 4.56. The Morgan fingerprint density at radius 2 is 1.94 bits per heavy atom. The number of hydrogen-bond acceptors (Lipinski definition) is 2. The molecule has 0 amide bonds. The van der Waals surface area contributed by atoms with Gasteiger partial charge in [0.2, 0.25) is 0 Å². The summed E-state index contributed by atoms with van der Waals surface area (Å²) in [5, 5.41) is 3.38. The topological polar surface area (TPSA) is 15.3 Å². The van der Waals surface area contributed by atoms with Gasteiger partial charge in [0.25, 0.3) is 0 Å². The molecule has 0 fully saturated rings. The van der Waals surface area contributed by atoms with Gasteiger partial charge in [-0.1, -0.05) is 32.0 Å². The third kappa shape index (κ3) is 2.54. The lowest BCUT2D eigenvalue weighted by Crippen LogP contribution is -2.42. The molecule has 18 heavy (non-hydrogen) atoms. The van der Waals surface area contributed by atoms with Gasteiger partial charge >= 0.3 is 0 Å². The molecule has 0 saturated heterocycles. The van der Waals surface area contributed by atoms with Gasteiger partial charge in [-0.2, -0.15) is 0 Å². The Morgan fingerprint density at radius 1 is 1.22 bits per heavy atom. The molecule has 2 heteroatoms. The second kappa shape index (κ2) is 5.75. The van der Waals surface area contributed by atoms with Gasteiger partial charge in [-0.15, -0.1) is 0 Å². The molecule has 0 unspecified atom stereocenters. The molecule has 0 spiro atoms. The standard InChI is InChI=1S/C16H26N2/c1-4-16(5-2,12-17-3)13-18-11-10-14-8-6-7-9-15(14)18/h6-9,17H,4-5,10-13H2,1-3H3. The van der Waals surface area contributed by atoms with Crippen LogP contribution in [0.5, 0.6) is 0 Å². The molecule has 1 aliphatic heterocycles. The first-order valence-electron chi connectivity index (χ1n) is 7.22. The van der Waals surface area contributed by atoms with E-state index in [-0.39, 0.29) is 0 Å². The molecule has 2 nitrogen and oxygen atoms in total. The Bertz CT molecular complexity index is 382. The van der Waals surface area contributed by atoms with E-state index in [1.165, 1.54) is 43.6 Å². The van der Waals surface area contributed by atoms with Crippen molar-refractivity contribution < 1.29 is 0 Å². The van der Waals surface area contributed by atoms with E-state index in [4.69, 9.17) is 0 Å². The van der Waals surface area contributed by atoms with Gasteiger partial charge in [-0.3, -0.25) is 0 Å². The minimum absolute atomic E-state index is 0.409. The van der Waals surface area contributed by atoms with Crippen LogP contribution in [0.3, 0.4) is 0 Å². The number of para-hydroxylation sites is 1. The first-order valence-corrected chi connectivity index (χ1v) is 7.22. The van der Waals surface area contributed by atoms with Crippen molar-refractivity contribution in [3.05, 3.63) is 29.8 Å². The van der Waals surface area contributed by atoms with Crippen molar-refractivity contribution in [2.75, 3.05) is 31.6 Å². The molecule has 0 aliphatic carbocycles. The summed E-state index contributed by atoms with van der Waals surface area (Å²) >= 11 is 0. The highest BCUT2D eigenvalue weighted by molar-refractivity contribution is 5.57. The molecule has 0 aromatic heterocycles. The SMILES string of the molecule is CCC(CC)(CNC)CN1CCc2ccccc21. The quantitative estimate of drug-likeness (QED) is 0.830. The van der Waals surface area contributed by atoms with E-state index in [1.54, 1.807) is 0 Å². The Labute approximate surface area is 111 Å². The van der Waals surface area contributed by atoms with Gasteiger partial charge < -0.3 is 10.2 Å². The molecule has 1 aliphatic rings. The van der Waals surface area contributed by atoms with Gasteiger partial charge in [-0.25, -0.2) is 0 Å². The molecule has 1 aromatic rings. The predicted molar refractivity (Wildman–Crippen MR) is 79.3 cm³/mol. The molecule has 0 radical (unpaired) electrons. The van der Waals surface area contributed by atoms with Gasteiger partial charge in [0, 0.05) is 25.3 Å². The summed E-state index contributed by atoms with van der Waals surface area (Å²) in [7, 11) is 2.07. The van der Waals surface area contributed by atoms with Crippen molar-refractivity contribution in [3.63, 3.8) is 0 Å². The van der Waals surface area contributed by atoms with E-state index in [9.17, 15) is 0 Å². The zero-order chi connectivity index (χ0) is 13.0. The smallest absolute Gasteiger partial charge is 0.0399 e. The maximum atomic E-state index is 3.38. The van der Waals surface area contributed by atoms with E-state index in [1.807, 2.05) is 0 Å². The summed E-state index contributed by atoms with van der Waals surface area (Å²) in [6.07, 6.45) is 3.69. The van der Waals surface area contributed by atoms with Gasteiger partial charge in [-0.05, 0) is 43.4 Å². The minimum Gasteiger partial charge on any atom is -0.370 e. The van der Waals surface area contributed by atoms with E-state index < -0.39 is 0 Å². The number of nitrogens with one attached hydrogen (secondary N) is 1. The van der Waals surface area contributed by atoms with Crippen LogP contribution in [-0.4, -0.2) is 26.7 Å². The molecule has 100 valence electrons. The minimum atomic E-state index is 0.409. The summed E-state index contributed by atoms with van der Waals surface area (Å²) in [6, 6.07) is 8.86. The van der Waals surface area contributed by atoms with Crippen LogP contribution in [0, 0.1) is 5.41 Å². The number of hydrogen-bond donors (Lipinski definition) is 1. The second-order valence-corrected chi connectivity index (χ2v) is 5.54. The van der Waals surface area contributed by atoms with Crippen molar-refractivity contribution in [2.24, 2.45) is 5.41 Å². The van der Waals surface area contributed by atoms with Gasteiger partial charge in [0.15, 0.2) is 0 Å². The zero-order valence-corrected chi connectivity index (χ0v) is 12.0. The van der Waals surface area contributed by atoms with Gasteiger partial charge in [0.1, 0.15) is 0 Å². The van der Waals surface area contributed by atoms with Crippen LogP contribution >= 0.6 is 0 Å². The second-order valence-electron chi connectivity index (χ2n) is 5.54. The fourth-order valence-corrected chi connectivity index (χ4v) is 3.13. The molecule has 1 aromatic carbocycles. The Kier molecular flexibility index (Phi) is 4.28. The number of nitrogens with zero attached hydrogens (tertiary/aromatic N) is 1. The van der Waals surface area contributed by atoms with Crippen molar-refractivity contribution in [1.29, 1.82) is 0 Å². The fourth-order valence-electron chi connectivity index (χ4n) is 3.13. The Balaban J connectivity index is 2.14. The average molecular weight is 246 g/mol. The summed E-state index contributed by atoms with van der Waals surface area (Å²) in [5.74, 6) is 0. The maximum absolute atomic E-state index is 3.38. The van der Waals surface area contributed by atoms with Gasteiger partial charge in [0.05, 0.1) is 0 Å². The fraction of sp³-hybridized carbons (Fsp3) is 0.625. The Morgan fingerprint density at radius 3 is 2.61 bits per heavy atom. The maximum Gasteiger partial charge on any atom is 0.0399 e. The van der Waals surface area contributed by atoms with Crippen LogP contribution in [0.15, 0.2) is 24.3 Å². The van der Waals surface area contributed by atoms with Crippen molar-refractivity contribution in [2.45, 2.75) is 33.1 Å². The first-order chi connectivity index (χ1) is 8.74. The summed E-state index contributed by atoms with van der Waals surface area (Å²) in [6.45, 7) is 8.12. The molecule has 0 saturated carbocycles. The molecule has 1 N–H and O–H groups in total. The van der Waals surface area contributed by atoms with E-state index >= 15 is 0 Å². The lowest BCUT2D eigenvalue weighted by molar-refractivity contribution is 0.260. The summed E-state index contributed by atoms with van der Waals surface area (Å²) in [5.41, 5.74) is 3.38. The molecule has 2 rings (SSSR count). The van der Waals surface area contributed by atoms with Crippen LogP contribution in [0.2, 0.25) is 0 Å². The predicted octanol–water partition coefficient (Wildman–Crippen LogP) is 3.07. The first kappa shape index (κ1) is 13.4. The third-order valence-corrected chi connectivity index (χ3v) is 4.56. The average Bonchev–Trinajstić information content (AvgIpc) is 2.81. The summed E-state index contributed by atoms with van der Waals surface area (Å²) < 4.78 is 0. The largest absolute Gasteiger partial charge is 0.370 e. The Hall–Kier alpha value is -1.02. The molecular formula is C16H26N2. The van der Waals surface area contributed by atoms with Crippen molar-refractivity contribution >= 4 is 5.69 Å². The lowest BCUT2D eigenvalue weighted by Gasteiger charge is -2.36. The van der Waals surface area contributed by atoms with Crippen LogP contribution in [0.4, 0.5) is 5.69 Å². The van der Waals surface area contributed by atoms with Crippen LogP contribution < -0.4 is 10.2 Å². The highest BCUT2D eigenvalue weighted by Crippen LogP contribution is 2.33. The highest BCUT2D eigenvalue weighted by atomic mass is 15.2. The molecule has 0 bridgehead atoms. The van der Waals surface area contributed by atoms with E-state index in [0.717, 1.165) is 6.54 Å². The van der Waals surface area contributed by atoms with Crippen LogP contribution in [0.25, 0.3) is 0 Å². The van der Waals surface area contributed by atoms with Crippen LogP contribution in [-0.2, 0) is 6.42 Å². The number of rotatable bonds is 6. The number of benzene rings is 1. The number of fused-ring (bicyclic) bond motifs is 1. The van der Waals surface area contributed by atoms with E-state index in [0.29, 0.717) is 5.41 Å². The summed E-state index contributed by atoms with van der Waals surface area (Å²) in [4.78, 5) is 2.58. The molecule has 1 heterocycles. The highest BCUT2D eigenvalue weighted by Gasteiger charge is 2.30. The van der Waals surface area contributed by atoms with Crippen molar-refractivity contribution in [1.82, 2.24) is 5.32 Å². The molecule has 0 atom stereocenters. The monoisotopic (exact) mass is 246 g/mol. The lowest BCUT2D eigenvalue weighted by atomic mass is 9.81.